The predicted molar refractivity (Wildman–Crippen MR) is 153 cm³/mol. The number of nitrogens with one attached hydrogen (secondary N) is 2. The third kappa shape index (κ3) is 11.0. The number of hydrogen-bond donors (Lipinski definition) is 4. The van der Waals surface area contributed by atoms with Crippen molar-refractivity contribution in [3.05, 3.63) is 23.8 Å². The summed E-state index contributed by atoms with van der Waals surface area (Å²) in [5.41, 5.74) is 7.66. The minimum Gasteiger partial charge on any atom is -0.493 e. The summed E-state index contributed by atoms with van der Waals surface area (Å²) in [6, 6.07) is 5.36. The molecule has 39 heavy (non-hydrogen) atoms. The molecule has 1 aromatic carbocycles. The third-order valence-electron chi connectivity index (χ3n) is 7.72. The highest BCUT2D eigenvalue weighted by Crippen LogP contribution is 2.32. The van der Waals surface area contributed by atoms with Gasteiger partial charge < -0.3 is 35.7 Å². The summed E-state index contributed by atoms with van der Waals surface area (Å²) in [6.45, 7) is 10.0. The van der Waals surface area contributed by atoms with Crippen LogP contribution >= 0.6 is 0 Å². The molecule has 2 amide bonds. The number of amides is 2. The molecule has 1 heterocycles. The number of aliphatic hydroxyl groups excluding tert-OH is 1. The fourth-order valence-electron chi connectivity index (χ4n) is 5.08. The molecule has 2 rings (SSSR count). The predicted octanol–water partition coefficient (Wildman–Crippen LogP) is 3.06. The van der Waals surface area contributed by atoms with Gasteiger partial charge in [-0.2, -0.15) is 0 Å². The summed E-state index contributed by atoms with van der Waals surface area (Å²) >= 11 is 0. The van der Waals surface area contributed by atoms with Crippen LogP contribution in [-0.4, -0.2) is 69.1 Å². The second-order valence-electron chi connectivity index (χ2n) is 11.5. The Morgan fingerprint density at radius 2 is 1.87 bits per heavy atom. The Morgan fingerprint density at radius 3 is 2.49 bits per heavy atom. The van der Waals surface area contributed by atoms with E-state index in [2.05, 4.69) is 24.5 Å². The number of carbonyl (C=O) groups excluding carboxylic acids is 2. The summed E-state index contributed by atoms with van der Waals surface area (Å²) in [6.07, 6.45) is 2.69. The summed E-state index contributed by atoms with van der Waals surface area (Å²) in [4.78, 5) is 24.8. The summed E-state index contributed by atoms with van der Waals surface area (Å²) in [7, 11) is 3.30. The van der Waals surface area contributed by atoms with Crippen LogP contribution in [0.5, 0.6) is 11.5 Å². The lowest BCUT2D eigenvalue weighted by atomic mass is 9.80. The smallest absolute Gasteiger partial charge is 0.223 e. The van der Waals surface area contributed by atoms with E-state index in [1.807, 2.05) is 32.0 Å². The van der Waals surface area contributed by atoms with Crippen LogP contribution in [0, 0.1) is 23.7 Å². The molecule has 5 N–H and O–H groups in total. The lowest BCUT2D eigenvalue weighted by Crippen LogP contribution is -2.49. The monoisotopic (exact) mass is 549 g/mol. The van der Waals surface area contributed by atoms with Gasteiger partial charge >= 0.3 is 0 Å². The van der Waals surface area contributed by atoms with Crippen LogP contribution < -0.4 is 25.8 Å². The van der Waals surface area contributed by atoms with E-state index in [9.17, 15) is 14.7 Å². The molecule has 1 unspecified atom stereocenters. The van der Waals surface area contributed by atoms with Crippen molar-refractivity contribution in [2.75, 3.05) is 34.0 Å². The zero-order valence-corrected chi connectivity index (χ0v) is 24.7. The molecule has 222 valence electrons. The van der Waals surface area contributed by atoms with Crippen LogP contribution in [0.15, 0.2) is 18.2 Å². The largest absolute Gasteiger partial charge is 0.493 e. The van der Waals surface area contributed by atoms with Crippen molar-refractivity contribution in [3.63, 3.8) is 0 Å². The molecule has 1 aliphatic rings. The first kappa shape index (κ1) is 32.8. The SMILES string of the molecule is COCCCOc1cc(C[C@@H](C[C@H](N)[C@@H](O)C[C@H](C(=O)NC2CCNC(=O)C2)C(C)C)C(C)C)ccc1OC. The maximum Gasteiger partial charge on any atom is 0.223 e. The van der Waals surface area contributed by atoms with E-state index in [4.69, 9.17) is 19.9 Å². The third-order valence-corrected chi connectivity index (χ3v) is 7.72. The van der Waals surface area contributed by atoms with Gasteiger partial charge in [0.25, 0.3) is 0 Å². The maximum atomic E-state index is 13.1. The normalized spacial score (nSPS) is 18.8. The highest BCUT2D eigenvalue weighted by atomic mass is 16.5. The van der Waals surface area contributed by atoms with Crippen LogP contribution in [-0.2, 0) is 20.7 Å². The molecule has 5 atom stereocenters. The fraction of sp³-hybridized carbons (Fsp3) is 0.733. The molecule has 0 radical (unpaired) electrons. The van der Waals surface area contributed by atoms with E-state index in [0.717, 1.165) is 18.4 Å². The average molecular weight is 550 g/mol. The van der Waals surface area contributed by atoms with Crippen molar-refractivity contribution in [1.29, 1.82) is 0 Å². The van der Waals surface area contributed by atoms with Crippen molar-refractivity contribution >= 4 is 11.8 Å². The number of aliphatic hydroxyl groups is 1. The van der Waals surface area contributed by atoms with Gasteiger partial charge in [-0.15, -0.1) is 0 Å². The Bertz CT molecular complexity index is 893. The number of nitrogens with two attached hydrogens (primary N) is 1. The Kier molecular flexibility index (Phi) is 14.0. The number of carbonyl (C=O) groups is 2. The Labute approximate surface area is 234 Å². The van der Waals surface area contributed by atoms with Gasteiger partial charge in [-0.3, -0.25) is 9.59 Å². The minimum absolute atomic E-state index is 0.0340. The molecule has 0 aromatic heterocycles. The van der Waals surface area contributed by atoms with E-state index in [1.54, 1.807) is 14.2 Å². The first-order chi connectivity index (χ1) is 18.5. The van der Waals surface area contributed by atoms with Crippen molar-refractivity contribution in [2.24, 2.45) is 29.4 Å². The average Bonchev–Trinajstić information content (AvgIpc) is 2.88. The Hall–Kier alpha value is -2.36. The van der Waals surface area contributed by atoms with Gasteiger partial charge in [0.2, 0.25) is 11.8 Å². The second-order valence-corrected chi connectivity index (χ2v) is 11.5. The topological polar surface area (TPSA) is 132 Å². The molecule has 0 spiro atoms. The molecule has 0 aliphatic carbocycles. The highest BCUT2D eigenvalue weighted by molar-refractivity contribution is 5.82. The van der Waals surface area contributed by atoms with E-state index < -0.39 is 12.1 Å². The molecule has 1 aromatic rings. The number of rotatable bonds is 17. The first-order valence-electron chi connectivity index (χ1n) is 14.3. The molecule has 1 saturated heterocycles. The van der Waals surface area contributed by atoms with Gasteiger partial charge in [-0.05, 0) is 61.1 Å². The van der Waals surface area contributed by atoms with Gasteiger partial charge in [0, 0.05) is 51.1 Å². The lowest BCUT2D eigenvalue weighted by Gasteiger charge is -2.31. The Morgan fingerprint density at radius 1 is 1.13 bits per heavy atom. The van der Waals surface area contributed by atoms with E-state index in [1.165, 1.54) is 0 Å². The van der Waals surface area contributed by atoms with Crippen LogP contribution in [0.2, 0.25) is 0 Å². The molecular formula is C30H51N3O6. The standard InChI is InChI=1S/C30H51N3O6/c1-19(2)22(14-21-8-9-27(38-6)28(15-21)39-13-7-12-37-5)16-25(31)26(34)18-24(20(3)4)30(36)33-23-10-11-32-29(35)17-23/h8-9,15,19-20,22-26,34H,7,10-14,16-18,31H2,1-6H3,(H,32,35)(H,33,36)/t22-,23?,24-,25-,26-/m0/s1. The van der Waals surface area contributed by atoms with Crippen LogP contribution in [0.1, 0.15) is 65.4 Å². The van der Waals surface area contributed by atoms with E-state index in [-0.39, 0.29) is 42.0 Å². The van der Waals surface area contributed by atoms with Crippen LogP contribution in [0.3, 0.4) is 0 Å². The lowest BCUT2D eigenvalue weighted by molar-refractivity contribution is -0.129. The van der Waals surface area contributed by atoms with E-state index >= 15 is 0 Å². The molecule has 1 aliphatic heterocycles. The van der Waals surface area contributed by atoms with E-state index in [0.29, 0.717) is 56.4 Å². The van der Waals surface area contributed by atoms with Gasteiger partial charge in [0.1, 0.15) is 0 Å². The molecule has 1 fully saturated rings. The second kappa shape index (κ2) is 16.7. The fourth-order valence-corrected chi connectivity index (χ4v) is 5.08. The molecule has 9 nitrogen and oxygen atoms in total. The van der Waals surface area contributed by atoms with Gasteiger partial charge in [0.05, 0.1) is 19.8 Å². The number of benzene rings is 1. The van der Waals surface area contributed by atoms with Crippen LogP contribution in [0.4, 0.5) is 0 Å². The van der Waals surface area contributed by atoms with Gasteiger partial charge in [-0.1, -0.05) is 33.8 Å². The number of hydrogen-bond acceptors (Lipinski definition) is 7. The van der Waals surface area contributed by atoms with Crippen LogP contribution in [0.25, 0.3) is 0 Å². The molecule has 9 heteroatoms. The molecule has 0 bridgehead atoms. The van der Waals surface area contributed by atoms with Crippen molar-refractivity contribution in [1.82, 2.24) is 10.6 Å². The zero-order chi connectivity index (χ0) is 28.9. The van der Waals surface area contributed by atoms with Crippen molar-refractivity contribution in [3.8, 4) is 11.5 Å². The summed E-state index contributed by atoms with van der Waals surface area (Å²) in [5.74, 6) is 1.47. The van der Waals surface area contributed by atoms with Gasteiger partial charge in [0.15, 0.2) is 11.5 Å². The number of ether oxygens (including phenoxy) is 3. The summed E-state index contributed by atoms with van der Waals surface area (Å²) in [5, 5.41) is 16.9. The minimum atomic E-state index is -0.811. The molecule has 0 saturated carbocycles. The number of piperidine rings is 1. The van der Waals surface area contributed by atoms with Gasteiger partial charge in [-0.25, -0.2) is 0 Å². The highest BCUT2D eigenvalue weighted by Gasteiger charge is 2.31. The van der Waals surface area contributed by atoms with Crippen molar-refractivity contribution < 1.29 is 28.9 Å². The Balaban J connectivity index is 2.01. The zero-order valence-electron chi connectivity index (χ0n) is 24.7. The summed E-state index contributed by atoms with van der Waals surface area (Å²) < 4.78 is 16.5. The van der Waals surface area contributed by atoms with Crippen molar-refractivity contribution in [2.45, 2.75) is 84.4 Å². The first-order valence-corrected chi connectivity index (χ1v) is 14.3. The maximum absolute atomic E-state index is 13.1. The quantitative estimate of drug-likeness (QED) is 0.220. The molecular weight excluding hydrogens is 498 g/mol. The number of methoxy groups -OCH3 is 2.